The molecule has 7 heteroatoms. The third kappa shape index (κ3) is 2.59. The summed E-state index contributed by atoms with van der Waals surface area (Å²) in [6, 6.07) is 0. The number of rotatable bonds is 4. The lowest BCUT2D eigenvalue weighted by molar-refractivity contribution is -0.347. The van der Waals surface area contributed by atoms with Gasteiger partial charge in [0.15, 0.2) is 0 Å². The molecule has 6 nitrogen and oxygen atoms in total. The van der Waals surface area contributed by atoms with E-state index in [1.807, 2.05) is 0 Å². The number of aliphatic hydroxyl groups excluding tert-OH is 4. The van der Waals surface area contributed by atoms with Crippen LogP contribution in [0.3, 0.4) is 0 Å². The zero-order valence-electron chi connectivity index (χ0n) is 8.04. The van der Waals surface area contributed by atoms with E-state index in [2.05, 4.69) is 0 Å². The third-order valence-electron chi connectivity index (χ3n) is 2.31. The minimum atomic E-state index is -1.70. The maximum Gasteiger partial charge on any atom is 0.221 e. The van der Waals surface area contributed by atoms with Crippen molar-refractivity contribution in [1.29, 1.82) is 0 Å². The molecule has 0 aliphatic carbocycles. The van der Waals surface area contributed by atoms with Crippen molar-refractivity contribution in [2.24, 2.45) is 0 Å². The number of aliphatic hydroxyl groups is 4. The molecule has 1 heterocycles. The first-order chi connectivity index (χ1) is 7.07. The van der Waals surface area contributed by atoms with Crippen molar-refractivity contribution < 1.29 is 29.9 Å². The van der Waals surface area contributed by atoms with E-state index in [0.29, 0.717) is 0 Å². The van der Waals surface area contributed by atoms with Gasteiger partial charge in [-0.2, -0.15) is 0 Å². The van der Waals surface area contributed by atoms with Crippen LogP contribution in [-0.4, -0.2) is 70.2 Å². The Bertz CT molecular complexity index is 200. The number of ether oxygens (including phenoxy) is 2. The van der Waals surface area contributed by atoms with Crippen LogP contribution in [0.5, 0.6) is 0 Å². The van der Waals surface area contributed by atoms with E-state index in [-0.39, 0.29) is 19.1 Å². The highest BCUT2D eigenvalue weighted by atomic mass is 35.5. The third-order valence-corrected chi connectivity index (χ3v) is 2.46. The Morgan fingerprint density at radius 3 is 2.60 bits per heavy atom. The fourth-order valence-electron chi connectivity index (χ4n) is 1.40. The van der Waals surface area contributed by atoms with Crippen LogP contribution in [0.4, 0.5) is 0 Å². The van der Waals surface area contributed by atoms with Gasteiger partial charge in [0.05, 0.1) is 13.2 Å². The quantitative estimate of drug-likeness (QED) is 0.428. The lowest BCUT2D eigenvalue weighted by Gasteiger charge is -2.43. The number of halogens is 1. The molecule has 1 aliphatic rings. The largest absolute Gasteiger partial charge is 0.391 e. The van der Waals surface area contributed by atoms with Gasteiger partial charge in [-0.3, -0.25) is 0 Å². The monoisotopic (exact) mass is 242 g/mol. The van der Waals surface area contributed by atoms with Gasteiger partial charge < -0.3 is 29.9 Å². The van der Waals surface area contributed by atoms with Crippen LogP contribution in [0.1, 0.15) is 0 Å². The van der Waals surface area contributed by atoms with Gasteiger partial charge in [0.2, 0.25) is 5.79 Å². The second kappa shape index (κ2) is 5.40. The molecule has 0 bridgehead atoms. The summed E-state index contributed by atoms with van der Waals surface area (Å²) in [6.07, 6.45) is -4.13. The number of hydrogen-bond acceptors (Lipinski definition) is 6. The van der Waals surface area contributed by atoms with E-state index >= 15 is 0 Å². The van der Waals surface area contributed by atoms with Gasteiger partial charge in [0.1, 0.15) is 24.9 Å². The Labute approximate surface area is 92.0 Å². The SMILES string of the molecule is OC[C@@]1(OCCCl)OC[C@@H](O)[C@H](O)[C@H]1O. The topological polar surface area (TPSA) is 99.4 Å². The molecule has 90 valence electrons. The van der Waals surface area contributed by atoms with Gasteiger partial charge in [-0.15, -0.1) is 11.6 Å². The summed E-state index contributed by atoms with van der Waals surface area (Å²) in [7, 11) is 0. The van der Waals surface area contributed by atoms with E-state index < -0.39 is 30.7 Å². The highest BCUT2D eigenvalue weighted by Gasteiger charge is 2.50. The molecular formula is C8H15ClO6. The first kappa shape index (κ1) is 13.1. The summed E-state index contributed by atoms with van der Waals surface area (Å²) in [5.41, 5.74) is 0. The Balaban J connectivity index is 2.71. The molecule has 4 N–H and O–H groups in total. The average molecular weight is 243 g/mol. The second-order valence-electron chi connectivity index (χ2n) is 3.32. The van der Waals surface area contributed by atoms with Gasteiger partial charge in [-0.1, -0.05) is 0 Å². The smallest absolute Gasteiger partial charge is 0.221 e. The van der Waals surface area contributed by atoms with Gasteiger partial charge >= 0.3 is 0 Å². The number of alkyl halides is 1. The molecule has 1 saturated heterocycles. The zero-order valence-corrected chi connectivity index (χ0v) is 8.80. The minimum Gasteiger partial charge on any atom is -0.391 e. The summed E-state index contributed by atoms with van der Waals surface area (Å²) in [5.74, 6) is -1.54. The fraction of sp³-hybridized carbons (Fsp3) is 1.00. The average Bonchev–Trinajstić information content (AvgIpc) is 2.26. The second-order valence-corrected chi connectivity index (χ2v) is 3.70. The lowest BCUT2D eigenvalue weighted by Crippen LogP contribution is -2.63. The van der Waals surface area contributed by atoms with Crippen molar-refractivity contribution in [2.45, 2.75) is 24.1 Å². The van der Waals surface area contributed by atoms with E-state index in [4.69, 9.17) is 26.2 Å². The maximum atomic E-state index is 9.62. The van der Waals surface area contributed by atoms with Crippen LogP contribution >= 0.6 is 11.6 Å². The normalized spacial score (nSPS) is 41.8. The van der Waals surface area contributed by atoms with E-state index in [1.165, 1.54) is 0 Å². The summed E-state index contributed by atoms with van der Waals surface area (Å²) < 4.78 is 10.1. The predicted molar refractivity (Wildman–Crippen MR) is 50.5 cm³/mol. The molecule has 0 radical (unpaired) electrons. The molecular weight excluding hydrogens is 228 g/mol. The number of hydrogen-bond donors (Lipinski definition) is 4. The van der Waals surface area contributed by atoms with Crippen LogP contribution in [0, 0.1) is 0 Å². The van der Waals surface area contributed by atoms with Crippen molar-refractivity contribution in [3.05, 3.63) is 0 Å². The Hall–Kier alpha value is 0.0500. The van der Waals surface area contributed by atoms with Crippen LogP contribution < -0.4 is 0 Å². The Kier molecular flexibility index (Phi) is 4.72. The van der Waals surface area contributed by atoms with Crippen molar-refractivity contribution >= 4 is 11.6 Å². The molecule has 0 saturated carbocycles. The van der Waals surface area contributed by atoms with Crippen LogP contribution in [0.2, 0.25) is 0 Å². The molecule has 0 spiro atoms. The van der Waals surface area contributed by atoms with Gasteiger partial charge in [-0.05, 0) is 0 Å². The van der Waals surface area contributed by atoms with Crippen molar-refractivity contribution in [3.63, 3.8) is 0 Å². The first-order valence-corrected chi connectivity index (χ1v) is 5.10. The minimum absolute atomic E-state index is 0.0575. The first-order valence-electron chi connectivity index (χ1n) is 4.56. The summed E-state index contributed by atoms with van der Waals surface area (Å²) in [5, 5.41) is 37.3. The molecule has 1 rings (SSSR count). The van der Waals surface area contributed by atoms with Crippen LogP contribution in [0.25, 0.3) is 0 Å². The summed E-state index contributed by atoms with van der Waals surface area (Å²) >= 11 is 5.40. The maximum absolute atomic E-state index is 9.62. The molecule has 0 aromatic rings. The van der Waals surface area contributed by atoms with Gasteiger partial charge in [-0.25, -0.2) is 0 Å². The predicted octanol–water partition coefficient (Wildman–Crippen LogP) is -1.96. The molecule has 15 heavy (non-hydrogen) atoms. The molecule has 0 aromatic carbocycles. The Morgan fingerprint density at radius 2 is 2.07 bits per heavy atom. The van der Waals surface area contributed by atoms with Crippen molar-refractivity contribution in [3.8, 4) is 0 Å². The highest BCUT2D eigenvalue weighted by molar-refractivity contribution is 6.17. The van der Waals surface area contributed by atoms with Crippen LogP contribution in [-0.2, 0) is 9.47 Å². The van der Waals surface area contributed by atoms with E-state index in [9.17, 15) is 15.3 Å². The molecule has 1 aliphatic heterocycles. The summed E-state index contributed by atoms with van der Waals surface area (Å²) in [4.78, 5) is 0. The molecule has 1 fully saturated rings. The van der Waals surface area contributed by atoms with E-state index in [1.54, 1.807) is 0 Å². The van der Waals surface area contributed by atoms with Gasteiger partial charge in [0.25, 0.3) is 0 Å². The zero-order chi connectivity index (χ0) is 11.5. The molecule has 0 aromatic heterocycles. The molecule has 0 amide bonds. The van der Waals surface area contributed by atoms with Crippen molar-refractivity contribution in [2.75, 3.05) is 25.7 Å². The van der Waals surface area contributed by atoms with Crippen molar-refractivity contribution in [1.82, 2.24) is 0 Å². The molecule has 4 atom stereocenters. The fourth-order valence-corrected chi connectivity index (χ4v) is 1.48. The lowest BCUT2D eigenvalue weighted by atomic mass is 9.97. The Morgan fingerprint density at radius 1 is 1.40 bits per heavy atom. The van der Waals surface area contributed by atoms with Crippen LogP contribution in [0.15, 0.2) is 0 Å². The van der Waals surface area contributed by atoms with E-state index in [0.717, 1.165) is 0 Å². The standard InChI is InChI=1S/C8H15ClO6/c9-1-2-14-8(4-10)7(13)6(12)5(11)3-15-8/h5-7,10-13H,1-4H2/t5-,6+,7-,8-/m1/s1. The highest BCUT2D eigenvalue weighted by Crippen LogP contribution is 2.27. The summed E-state index contributed by atoms with van der Waals surface area (Å²) in [6.45, 7) is -0.794. The molecule has 0 unspecified atom stereocenters. The van der Waals surface area contributed by atoms with Gasteiger partial charge in [0, 0.05) is 5.88 Å².